The summed E-state index contributed by atoms with van der Waals surface area (Å²) in [7, 11) is 0. The molecule has 0 radical (unpaired) electrons. The molecule has 0 bridgehead atoms. The lowest BCUT2D eigenvalue weighted by atomic mass is 10.3. The first-order valence-electron chi connectivity index (χ1n) is 5.47. The zero-order valence-electron chi connectivity index (χ0n) is 8.85. The van der Waals surface area contributed by atoms with Gasteiger partial charge in [0.05, 0.1) is 13.0 Å². The molecule has 0 atom stereocenters. The highest BCUT2D eigenvalue weighted by molar-refractivity contribution is 7.09. The maximum Gasteiger partial charge on any atom is 0.230 e. The van der Waals surface area contributed by atoms with Crippen LogP contribution in [0.1, 0.15) is 29.5 Å². The molecule has 1 fully saturated rings. The summed E-state index contributed by atoms with van der Waals surface area (Å²) >= 11 is 1.71. The van der Waals surface area contributed by atoms with Crippen LogP contribution in [0.2, 0.25) is 0 Å². The predicted molar refractivity (Wildman–Crippen MR) is 61.3 cm³/mol. The smallest absolute Gasteiger partial charge is 0.230 e. The molecule has 3 rings (SSSR count). The molecule has 0 amide bonds. The van der Waals surface area contributed by atoms with Gasteiger partial charge in [-0.1, -0.05) is 6.07 Å². The minimum atomic E-state index is 0.674. The lowest BCUT2D eigenvalue weighted by Gasteiger charge is -1.95. The van der Waals surface area contributed by atoms with Gasteiger partial charge in [0, 0.05) is 10.9 Å². The quantitative estimate of drug-likeness (QED) is 0.861. The molecule has 0 spiro atoms. The van der Waals surface area contributed by atoms with Crippen LogP contribution in [0.5, 0.6) is 0 Å². The van der Waals surface area contributed by atoms with E-state index in [1.54, 1.807) is 11.3 Å². The van der Waals surface area contributed by atoms with Crippen LogP contribution < -0.4 is 5.32 Å². The minimum Gasteiger partial charge on any atom is -0.423 e. The van der Waals surface area contributed by atoms with E-state index in [0.717, 1.165) is 6.42 Å². The first-order valence-corrected chi connectivity index (χ1v) is 6.35. The van der Waals surface area contributed by atoms with Crippen LogP contribution in [0.3, 0.4) is 0 Å². The van der Waals surface area contributed by atoms with Crippen molar-refractivity contribution in [3.63, 3.8) is 0 Å². The third kappa shape index (κ3) is 2.48. The lowest BCUT2D eigenvalue weighted by Crippen LogP contribution is -2.15. The fourth-order valence-corrected chi connectivity index (χ4v) is 2.21. The molecule has 2 aromatic heterocycles. The van der Waals surface area contributed by atoms with E-state index in [9.17, 15) is 0 Å². The molecule has 2 heterocycles. The van der Waals surface area contributed by atoms with Crippen molar-refractivity contribution >= 4 is 11.3 Å². The van der Waals surface area contributed by atoms with Gasteiger partial charge < -0.3 is 9.73 Å². The van der Waals surface area contributed by atoms with Crippen molar-refractivity contribution in [3.8, 4) is 0 Å². The molecule has 4 nitrogen and oxygen atoms in total. The Morgan fingerprint density at radius 1 is 1.38 bits per heavy atom. The number of hydrogen-bond acceptors (Lipinski definition) is 5. The van der Waals surface area contributed by atoms with Crippen molar-refractivity contribution in [2.24, 2.45) is 0 Å². The van der Waals surface area contributed by atoms with Gasteiger partial charge in [0.1, 0.15) is 0 Å². The highest BCUT2D eigenvalue weighted by atomic mass is 32.1. The third-order valence-corrected chi connectivity index (χ3v) is 3.41. The molecule has 0 unspecified atom stereocenters. The van der Waals surface area contributed by atoms with Crippen LogP contribution >= 0.6 is 11.3 Å². The molecular formula is C11H13N3OS. The van der Waals surface area contributed by atoms with Gasteiger partial charge >= 0.3 is 0 Å². The number of aromatic nitrogens is 2. The summed E-state index contributed by atoms with van der Waals surface area (Å²) in [6.45, 7) is 0.697. The van der Waals surface area contributed by atoms with E-state index in [4.69, 9.17) is 4.42 Å². The van der Waals surface area contributed by atoms with E-state index in [2.05, 4.69) is 27.0 Å². The van der Waals surface area contributed by atoms with Crippen molar-refractivity contribution in [2.75, 3.05) is 0 Å². The first kappa shape index (κ1) is 9.99. The number of hydrogen-bond donors (Lipinski definition) is 1. The molecule has 0 aromatic carbocycles. The van der Waals surface area contributed by atoms with E-state index >= 15 is 0 Å². The average Bonchev–Trinajstić information content (AvgIpc) is 2.78. The maximum absolute atomic E-state index is 5.56. The molecule has 16 heavy (non-hydrogen) atoms. The van der Waals surface area contributed by atoms with Gasteiger partial charge in [-0.2, -0.15) is 0 Å². The predicted octanol–water partition coefficient (Wildman–Crippen LogP) is 1.97. The molecule has 5 heteroatoms. The molecule has 1 aliphatic carbocycles. The highest BCUT2D eigenvalue weighted by Crippen LogP contribution is 2.19. The summed E-state index contributed by atoms with van der Waals surface area (Å²) in [6, 6.07) is 4.79. The lowest BCUT2D eigenvalue weighted by molar-refractivity contribution is 0.438. The van der Waals surface area contributed by atoms with Gasteiger partial charge in [-0.05, 0) is 24.3 Å². The summed E-state index contributed by atoms with van der Waals surface area (Å²) in [6.07, 6.45) is 3.29. The van der Waals surface area contributed by atoms with Crippen LogP contribution in [0, 0.1) is 0 Å². The van der Waals surface area contributed by atoms with E-state index in [1.165, 1.54) is 17.7 Å². The molecule has 0 aliphatic heterocycles. The van der Waals surface area contributed by atoms with E-state index in [1.807, 2.05) is 6.07 Å². The summed E-state index contributed by atoms with van der Waals surface area (Å²) in [5.41, 5.74) is 0. The van der Waals surface area contributed by atoms with Crippen LogP contribution in [0.25, 0.3) is 0 Å². The Morgan fingerprint density at radius 2 is 2.25 bits per heavy atom. The van der Waals surface area contributed by atoms with Crippen LogP contribution in [0.15, 0.2) is 21.9 Å². The summed E-state index contributed by atoms with van der Waals surface area (Å²) in [4.78, 5) is 1.25. The van der Waals surface area contributed by atoms with Crippen molar-refractivity contribution in [1.82, 2.24) is 15.5 Å². The Hall–Kier alpha value is -1.20. The first-order chi connectivity index (χ1) is 7.90. The van der Waals surface area contributed by atoms with Gasteiger partial charge in [-0.15, -0.1) is 21.5 Å². The normalized spacial score (nSPS) is 15.5. The number of nitrogens with zero attached hydrogens (tertiary/aromatic N) is 2. The van der Waals surface area contributed by atoms with E-state index < -0.39 is 0 Å². The van der Waals surface area contributed by atoms with Crippen molar-refractivity contribution in [1.29, 1.82) is 0 Å². The van der Waals surface area contributed by atoms with Gasteiger partial charge in [-0.3, -0.25) is 0 Å². The monoisotopic (exact) mass is 235 g/mol. The Kier molecular flexibility index (Phi) is 2.71. The molecule has 1 N–H and O–H groups in total. The van der Waals surface area contributed by atoms with Crippen molar-refractivity contribution in [3.05, 3.63) is 34.2 Å². The van der Waals surface area contributed by atoms with Gasteiger partial charge in [0.25, 0.3) is 0 Å². The van der Waals surface area contributed by atoms with Gasteiger partial charge in [-0.25, -0.2) is 0 Å². The Morgan fingerprint density at radius 3 is 3.00 bits per heavy atom. The summed E-state index contributed by atoms with van der Waals surface area (Å²) < 4.78 is 5.56. The maximum atomic E-state index is 5.56. The second kappa shape index (κ2) is 4.35. The largest absolute Gasteiger partial charge is 0.423 e. The fraction of sp³-hybridized carbons (Fsp3) is 0.455. The van der Waals surface area contributed by atoms with Gasteiger partial charge in [0.15, 0.2) is 0 Å². The standard InChI is InChI=1S/C11H13N3OS/c1-2-9(16-5-1)6-10-13-14-11(15-10)7-12-8-3-4-8/h1-2,5,8,12H,3-4,6-7H2. The SMILES string of the molecule is c1csc(Cc2nnc(CNC3CC3)o2)c1. The van der Waals surface area contributed by atoms with E-state index in [0.29, 0.717) is 24.4 Å². The zero-order chi connectivity index (χ0) is 10.8. The second-order valence-corrected chi connectivity index (χ2v) is 5.03. The van der Waals surface area contributed by atoms with Crippen molar-refractivity contribution in [2.45, 2.75) is 31.8 Å². The summed E-state index contributed by atoms with van der Waals surface area (Å²) in [5, 5.41) is 13.5. The molecule has 0 saturated heterocycles. The van der Waals surface area contributed by atoms with Gasteiger partial charge in [0.2, 0.25) is 11.8 Å². The molecule has 2 aromatic rings. The number of nitrogens with one attached hydrogen (secondary N) is 1. The molecule has 1 saturated carbocycles. The average molecular weight is 235 g/mol. The summed E-state index contributed by atoms with van der Waals surface area (Å²) in [5.74, 6) is 1.40. The minimum absolute atomic E-state index is 0.674. The van der Waals surface area contributed by atoms with E-state index in [-0.39, 0.29) is 0 Å². The second-order valence-electron chi connectivity index (χ2n) is 4.00. The van der Waals surface area contributed by atoms with Crippen LogP contribution in [-0.2, 0) is 13.0 Å². The Labute approximate surface area is 97.7 Å². The number of thiophene rings is 1. The fourth-order valence-electron chi connectivity index (χ4n) is 1.51. The number of rotatable bonds is 5. The molecule has 84 valence electrons. The topological polar surface area (TPSA) is 51.0 Å². The molecular weight excluding hydrogens is 222 g/mol. The van der Waals surface area contributed by atoms with Crippen LogP contribution in [0.4, 0.5) is 0 Å². The van der Waals surface area contributed by atoms with Crippen molar-refractivity contribution < 1.29 is 4.42 Å². The third-order valence-electron chi connectivity index (χ3n) is 2.53. The Balaban J connectivity index is 1.58. The Bertz CT molecular complexity index is 448. The molecule has 1 aliphatic rings. The zero-order valence-corrected chi connectivity index (χ0v) is 9.67. The van der Waals surface area contributed by atoms with Crippen LogP contribution in [-0.4, -0.2) is 16.2 Å². The highest BCUT2D eigenvalue weighted by Gasteiger charge is 2.21.